The number of benzene rings is 1. The number of hydrogen-bond acceptors (Lipinski definition) is 2. The van der Waals surface area contributed by atoms with Gasteiger partial charge in [-0.2, -0.15) is 0 Å². The van der Waals surface area contributed by atoms with Gasteiger partial charge in [-0.25, -0.2) is 0 Å². The maximum Gasteiger partial charge on any atom is 0.573 e. The number of unbranched alkanes of at least 4 members (excludes halogenated alkanes) is 2. The van der Waals surface area contributed by atoms with E-state index in [1.807, 2.05) is 0 Å². The van der Waals surface area contributed by atoms with Crippen LogP contribution in [0.4, 0.5) is 13.2 Å². The Labute approximate surface area is 119 Å². The van der Waals surface area contributed by atoms with E-state index in [1.54, 1.807) is 12.1 Å². The summed E-state index contributed by atoms with van der Waals surface area (Å²) in [7, 11) is 0. The minimum Gasteiger partial charge on any atom is -0.406 e. The summed E-state index contributed by atoms with van der Waals surface area (Å²) >= 11 is 3.37. The SMILES string of the molecule is FC(F)(F)Oc1ccc(CNCCCCCBr)cc1. The van der Waals surface area contributed by atoms with E-state index >= 15 is 0 Å². The number of halogens is 4. The molecule has 1 aromatic carbocycles. The Hall–Kier alpha value is -0.750. The van der Waals surface area contributed by atoms with Crippen molar-refractivity contribution in [1.29, 1.82) is 0 Å². The number of hydrogen-bond donors (Lipinski definition) is 1. The summed E-state index contributed by atoms with van der Waals surface area (Å²) in [5, 5.41) is 4.27. The maximum atomic E-state index is 12.0. The van der Waals surface area contributed by atoms with E-state index in [1.165, 1.54) is 12.1 Å². The summed E-state index contributed by atoms with van der Waals surface area (Å²) in [5.41, 5.74) is 0.940. The van der Waals surface area contributed by atoms with Crippen LogP contribution in [0.5, 0.6) is 5.75 Å². The lowest BCUT2D eigenvalue weighted by Gasteiger charge is -2.09. The largest absolute Gasteiger partial charge is 0.573 e. The van der Waals surface area contributed by atoms with E-state index in [4.69, 9.17) is 0 Å². The van der Waals surface area contributed by atoms with E-state index in [0.717, 1.165) is 36.7 Å². The summed E-state index contributed by atoms with van der Waals surface area (Å²) in [6.45, 7) is 1.56. The summed E-state index contributed by atoms with van der Waals surface area (Å²) in [5.74, 6) is -0.187. The highest BCUT2D eigenvalue weighted by atomic mass is 79.9. The minimum atomic E-state index is -4.63. The number of nitrogens with one attached hydrogen (secondary N) is 1. The minimum absolute atomic E-state index is 0.187. The van der Waals surface area contributed by atoms with Crippen LogP contribution >= 0.6 is 15.9 Å². The van der Waals surface area contributed by atoms with Crippen molar-refractivity contribution < 1.29 is 17.9 Å². The lowest BCUT2D eigenvalue weighted by atomic mass is 10.2. The third-order valence-electron chi connectivity index (χ3n) is 2.47. The molecule has 0 spiro atoms. The molecule has 0 unspecified atom stereocenters. The second-order valence-corrected chi connectivity index (χ2v) is 4.91. The number of alkyl halides is 4. The lowest BCUT2D eigenvalue weighted by Crippen LogP contribution is -2.17. The molecule has 0 amide bonds. The zero-order valence-corrected chi connectivity index (χ0v) is 12.1. The fourth-order valence-corrected chi connectivity index (χ4v) is 1.96. The maximum absolute atomic E-state index is 12.0. The van der Waals surface area contributed by atoms with Crippen LogP contribution in [0.25, 0.3) is 0 Å². The predicted octanol–water partition coefficient (Wildman–Crippen LogP) is 4.24. The molecule has 0 aromatic heterocycles. The molecule has 0 aliphatic rings. The zero-order chi connectivity index (χ0) is 14.1. The second kappa shape index (κ2) is 8.43. The van der Waals surface area contributed by atoms with Gasteiger partial charge in [-0.3, -0.25) is 0 Å². The Morgan fingerprint density at radius 1 is 1.05 bits per heavy atom. The van der Waals surface area contributed by atoms with Crippen LogP contribution < -0.4 is 10.1 Å². The molecular formula is C13H17BrF3NO. The highest BCUT2D eigenvalue weighted by Crippen LogP contribution is 2.22. The molecule has 1 rings (SSSR count). The van der Waals surface area contributed by atoms with Crippen molar-refractivity contribution in [3.8, 4) is 5.75 Å². The topological polar surface area (TPSA) is 21.3 Å². The van der Waals surface area contributed by atoms with E-state index < -0.39 is 6.36 Å². The molecule has 0 bridgehead atoms. The molecule has 0 aliphatic carbocycles. The molecule has 0 aliphatic heterocycles. The molecule has 0 saturated heterocycles. The Kier molecular flexibility index (Phi) is 7.23. The molecule has 1 N–H and O–H groups in total. The van der Waals surface area contributed by atoms with Crippen LogP contribution in [0.3, 0.4) is 0 Å². The van der Waals surface area contributed by atoms with Gasteiger partial charge >= 0.3 is 6.36 Å². The molecule has 0 radical (unpaired) electrons. The summed E-state index contributed by atoms with van der Waals surface area (Å²) in [6.07, 6.45) is -1.21. The number of rotatable bonds is 8. The smallest absolute Gasteiger partial charge is 0.406 e. The van der Waals surface area contributed by atoms with Crippen molar-refractivity contribution in [2.75, 3.05) is 11.9 Å². The molecule has 0 heterocycles. The van der Waals surface area contributed by atoms with Gasteiger partial charge in [0.05, 0.1) is 0 Å². The average molecular weight is 340 g/mol. The Morgan fingerprint density at radius 2 is 1.74 bits per heavy atom. The number of ether oxygens (including phenoxy) is 1. The van der Waals surface area contributed by atoms with Gasteiger partial charge in [0, 0.05) is 11.9 Å². The fraction of sp³-hybridized carbons (Fsp3) is 0.538. The zero-order valence-electron chi connectivity index (χ0n) is 10.5. The third-order valence-corrected chi connectivity index (χ3v) is 3.03. The van der Waals surface area contributed by atoms with E-state index in [9.17, 15) is 13.2 Å². The average Bonchev–Trinajstić information content (AvgIpc) is 2.34. The van der Waals surface area contributed by atoms with Gasteiger partial charge in [0.25, 0.3) is 0 Å². The Bertz CT molecular complexity index is 354. The lowest BCUT2D eigenvalue weighted by molar-refractivity contribution is -0.274. The molecule has 19 heavy (non-hydrogen) atoms. The molecule has 0 atom stereocenters. The first kappa shape index (κ1) is 16.3. The van der Waals surface area contributed by atoms with Crippen LogP contribution in [0.1, 0.15) is 24.8 Å². The van der Waals surface area contributed by atoms with Gasteiger partial charge in [-0.05, 0) is 37.1 Å². The van der Waals surface area contributed by atoms with Gasteiger partial charge < -0.3 is 10.1 Å². The van der Waals surface area contributed by atoms with Crippen LogP contribution in [-0.4, -0.2) is 18.2 Å². The Morgan fingerprint density at radius 3 is 2.32 bits per heavy atom. The standard InChI is InChI=1S/C13H17BrF3NO/c14-8-2-1-3-9-18-10-11-4-6-12(7-5-11)19-13(15,16)17/h4-7,18H,1-3,8-10H2. The van der Waals surface area contributed by atoms with Crippen LogP contribution in [0.2, 0.25) is 0 Å². The van der Waals surface area contributed by atoms with Crippen LogP contribution in [-0.2, 0) is 6.54 Å². The van der Waals surface area contributed by atoms with Crippen molar-refractivity contribution >= 4 is 15.9 Å². The summed E-state index contributed by atoms with van der Waals surface area (Å²) in [4.78, 5) is 0. The molecular weight excluding hydrogens is 323 g/mol. The van der Waals surface area contributed by atoms with Gasteiger partial charge in [0.1, 0.15) is 5.75 Å². The molecule has 108 valence electrons. The summed E-state index contributed by atoms with van der Waals surface area (Å²) in [6, 6.07) is 5.92. The fourth-order valence-electron chi connectivity index (χ4n) is 1.56. The van der Waals surface area contributed by atoms with Crippen molar-refractivity contribution in [2.45, 2.75) is 32.2 Å². The van der Waals surface area contributed by atoms with Crippen molar-refractivity contribution in [3.05, 3.63) is 29.8 Å². The third kappa shape index (κ3) is 8.10. The Balaban J connectivity index is 2.25. The van der Waals surface area contributed by atoms with E-state index in [-0.39, 0.29) is 5.75 Å². The first-order valence-corrected chi connectivity index (χ1v) is 7.25. The monoisotopic (exact) mass is 339 g/mol. The van der Waals surface area contributed by atoms with Gasteiger partial charge in [-0.1, -0.05) is 34.5 Å². The van der Waals surface area contributed by atoms with E-state index in [0.29, 0.717) is 6.54 Å². The molecule has 0 saturated carbocycles. The molecule has 1 aromatic rings. The summed E-state index contributed by atoms with van der Waals surface area (Å²) < 4.78 is 39.7. The van der Waals surface area contributed by atoms with Crippen molar-refractivity contribution in [3.63, 3.8) is 0 Å². The predicted molar refractivity (Wildman–Crippen MR) is 72.5 cm³/mol. The first-order valence-electron chi connectivity index (χ1n) is 6.12. The van der Waals surface area contributed by atoms with E-state index in [2.05, 4.69) is 26.0 Å². The second-order valence-electron chi connectivity index (χ2n) is 4.12. The highest BCUT2D eigenvalue weighted by Gasteiger charge is 2.30. The normalized spacial score (nSPS) is 11.6. The van der Waals surface area contributed by atoms with Gasteiger partial charge in [0.2, 0.25) is 0 Å². The van der Waals surface area contributed by atoms with Crippen molar-refractivity contribution in [1.82, 2.24) is 5.32 Å². The van der Waals surface area contributed by atoms with Gasteiger partial charge in [-0.15, -0.1) is 13.2 Å². The highest BCUT2D eigenvalue weighted by molar-refractivity contribution is 9.09. The van der Waals surface area contributed by atoms with Crippen LogP contribution in [0, 0.1) is 0 Å². The van der Waals surface area contributed by atoms with Gasteiger partial charge in [0.15, 0.2) is 0 Å². The van der Waals surface area contributed by atoms with Crippen molar-refractivity contribution in [2.24, 2.45) is 0 Å². The van der Waals surface area contributed by atoms with Crippen LogP contribution in [0.15, 0.2) is 24.3 Å². The molecule has 0 fully saturated rings. The quantitative estimate of drug-likeness (QED) is 0.565. The molecule has 6 heteroatoms. The molecule has 2 nitrogen and oxygen atoms in total. The first-order chi connectivity index (χ1) is 9.01.